The monoisotopic (exact) mass is 419 g/mol. The molecule has 1 aliphatic heterocycles. The molecule has 0 radical (unpaired) electrons. The van der Waals surface area contributed by atoms with E-state index in [4.69, 9.17) is 21.1 Å². The first-order valence-corrected chi connectivity index (χ1v) is 10.3. The average molecular weight is 420 g/mol. The molecule has 3 rings (SSSR count). The predicted molar refractivity (Wildman–Crippen MR) is 112 cm³/mol. The second-order valence-electron chi connectivity index (χ2n) is 7.24. The molecule has 0 fully saturated rings. The lowest BCUT2D eigenvalue weighted by Crippen LogP contribution is -2.44. The molecule has 1 heterocycles. The third kappa shape index (κ3) is 3.93. The van der Waals surface area contributed by atoms with Gasteiger partial charge in [0.05, 0.1) is 20.3 Å². The van der Waals surface area contributed by atoms with Gasteiger partial charge in [0.25, 0.3) is 0 Å². The lowest BCUT2D eigenvalue weighted by atomic mass is 9.86. The van der Waals surface area contributed by atoms with Crippen LogP contribution in [0.5, 0.6) is 11.5 Å². The third-order valence-corrected chi connectivity index (χ3v) is 6.09. The first kappa shape index (κ1) is 21.4. The van der Waals surface area contributed by atoms with Crippen molar-refractivity contribution in [3.05, 3.63) is 57.9 Å². The predicted octanol–water partition coefficient (Wildman–Crippen LogP) is 5.41. The third-order valence-electron chi connectivity index (χ3n) is 5.76. The summed E-state index contributed by atoms with van der Waals surface area (Å²) >= 11 is 6.44. The zero-order valence-corrected chi connectivity index (χ0v) is 18.1. The highest BCUT2D eigenvalue weighted by atomic mass is 35.5. The van der Waals surface area contributed by atoms with Crippen molar-refractivity contribution in [1.29, 1.82) is 0 Å². The minimum Gasteiger partial charge on any atom is -0.493 e. The molecule has 0 aliphatic carbocycles. The molecule has 6 heteroatoms. The van der Waals surface area contributed by atoms with E-state index in [0.717, 1.165) is 24.0 Å². The Morgan fingerprint density at radius 1 is 1.21 bits per heavy atom. The van der Waals surface area contributed by atoms with E-state index in [1.165, 1.54) is 6.07 Å². The van der Waals surface area contributed by atoms with E-state index in [-0.39, 0.29) is 11.8 Å². The molecule has 0 N–H and O–H groups in total. The Morgan fingerprint density at radius 2 is 1.86 bits per heavy atom. The number of hydrogen-bond donors (Lipinski definition) is 0. The molecule has 0 spiro atoms. The zero-order chi connectivity index (χ0) is 21.1. The topological polar surface area (TPSA) is 38.8 Å². The number of carbonyl (C=O) groups is 1. The summed E-state index contributed by atoms with van der Waals surface area (Å²) in [6, 6.07) is 7.76. The molecule has 0 aromatic heterocycles. The highest BCUT2D eigenvalue weighted by Gasteiger charge is 2.37. The molecule has 1 atom stereocenters. The van der Waals surface area contributed by atoms with Crippen LogP contribution in [-0.2, 0) is 11.2 Å². The number of hydrogen-bond acceptors (Lipinski definition) is 3. The summed E-state index contributed by atoms with van der Waals surface area (Å²) in [5, 5.41) is 0.306. The maximum atomic E-state index is 15.0. The summed E-state index contributed by atoms with van der Waals surface area (Å²) in [5.74, 6) is 0.655. The van der Waals surface area contributed by atoms with Crippen molar-refractivity contribution in [1.82, 2.24) is 4.90 Å². The van der Waals surface area contributed by atoms with Crippen LogP contribution < -0.4 is 9.47 Å². The van der Waals surface area contributed by atoms with Crippen LogP contribution in [0.15, 0.2) is 30.3 Å². The Bertz CT molecular complexity index is 878. The van der Waals surface area contributed by atoms with Crippen molar-refractivity contribution >= 4 is 17.5 Å². The summed E-state index contributed by atoms with van der Waals surface area (Å²) in [6.45, 7) is 4.50. The largest absolute Gasteiger partial charge is 0.493 e. The fourth-order valence-electron chi connectivity index (χ4n) is 4.14. The molecule has 4 nitrogen and oxygen atoms in total. The molecule has 0 saturated heterocycles. The first-order valence-electron chi connectivity index (χ1n) is 9.95. The minimum absolute atomic E-state index is 0.0276. The molecule has 1 aliphatic rings. The fraction of sp³-hybridized carbons (Fsp3) is 0.435. The lowest BCUT2D eigenvalue weighted by molar-refractivity contribution is -0.138. The van der Waals surface area contributed by atoms with Gasteiger partial charge in [-0.2, -0.15) is 0 Å². The summed E-state index contributed by atoms with van der Waals surface area (Å²) in [5.41, 5.74) is 2.14. The van der Waals surface area contributed by atoms with Crippen LogP contribution in [0.25, 0.3) is 0 Å². The summed E-state index contributed by atoms with van der Waals surface area (Å²) in [7, 11) is 3.15. The van der Waals surface area contributed by atoms with Crippen LogP contribution >= 0.6 is 11.6 Å². The van der Waals surface area contributed by atoms with Gasteiger partial charge in [-0.3, -0.25) is 4.79 Å². The Morgan fingerprint density at radius 3 is 2.45 bits per heavy atom. The van der Waals surface area contributed by atoms with Crippen molar-refractivity contribution < 1.29 is 18.7 Å². The Balaban J connectivity index is 2.22. The Hall–Kier alpha value is -2.27. The van der Waals surface area contributed by atoms with E-state index in [2.05, 4.69) is 0 Å². The van der Waals surface area contributed by atoms with Gasteiger partial charge in [-0.05, 0) is 54.7 Å². The molecule has 1 unspecified atom stereocenters. The van der Waals surface area contributed by atoms with Gasteiger partial charge in [-0.15, -0.1) is 0 Å². The molecule has 29 heavy (non-hydrogen) atoms. The van der Waals surface area contributed by atoms with Crippen LogP contribution in [0.2, 0.25) is 5.02 Å². The van der Waals surface area contributed by atoms with Gasteiger partial charge < -0.3 is 14.4 Å². The number of rotatable bonds is 6. The Kier molecular flexibility index (Phi) is 6.68. The molecule has 2 aromatic carbocycles. The maximum absolute atomic E-state index is 15.0. The highest BCUT2D eigenvalue weighted by molar-refractivity contribution is 6.31. The number of halogens is 2. The Labute approximate surface area is 176 Å². The van der Waals surface area contributed by atoms with Gasteiger partial charge in [0, 0.05) is 23.0 Å². The zero-order valence-electron chi connectivity index (χ0n) is 17.3. The SMILES string of the molecule is CCC(CC)C(=O)N1CCc2cc(OC)c(OC)cc2C1c1c(F)cccc1Cl. The van der Waals surface area contributed by atoms with Crippen molar-refractivity contribution in [2.24, 2.45) is 5.92 Å². The van der Waals surface area contributed by atoms with Crippen molar-refractivity contribution in [2.75, 3.05) is 20.8 Å². The molecule has 0 bridgehead atoms. The molecule has 156 valence electrons. The number of ether oxygens (including phenoxy) is 2. The van der Waals surface area contributed by atoms with Crippen LogP contribution in [0.3, 0.4) is 0 Å². The molecular formula is C23H27ClFNO3. The number of amides is 1. The van der Waals surface area contributed by atoms with Crippen LogP contribution in [0.4, 0.5) is 4.39 Å². The molecule has 2 aromatic rings. The van der Waals surface area contributed by atoms with Crippen LogP contribution in [0, 0.1) is 11.7 Å². The molecule has 0 saturated carbocycles. The van der Waals surface area contributed by atoms with Crippen LogP contribution in [-0.4, -0.2) is 31.6 Å². The van der Waals surface area contributed by atoms with E-state index in [0.29, 0.717) is 35.1 Å². The quantitative estimate of drug-likeness (QED) is 0.628. The summed E-state index contributed by atoms with van der Waals surface area (Å²) < 4.78 is 25.9. The number of fused-ring (bicyclic) bond motifs is 1. The summed E-state index contributed by atoms with van der Waals surface area (Å²) in [4.78, 5) is 15.1. The average Bonchev–Trinajstić information content (AvgIpc) is 2.73. The van der Waals surface area contributed by atoms with Gasteiger partial charge in [-0.1, -0.05) is 31.5 Å². The lowest BCUT2D eigenvalue weighted by Gasteiger charge is -2.40. The van der Waals surface area contributed by atoms with E-state index in [1.807, 2.05) is 26.0 Å². The normalized spacial score (nSPS) is 16.0. The number of nitrogens with zero attached hydrogens (tertiary/aromatic N) is 1. The second-order valence-corrected chi connectivity index (χ2v) is 7.65. The minimum atomic E-state index is -0.611. The second kappa shape index (κ2) is 9.04. The summed E-state index contributed by atoms with van der Waals surface area (Å²) in [6.07, 6.45) is 2.13. The van der Waals surface area contributed by atoms with Crippen molar-refractivity contribution in [3.8, 4) is 11.5 Å². The van der Waals surface area contributed by atoms with Crippen molar-refractivity contribution in [2.45, 2.75) is 39.2 Å². The maximum Gasteiger partial charge on any atom is 0.226 e. The smallest absolute Gasteiger partial charge is 0.226 e. The highest BCUT2D eigenvalue weighted by Crippen LogP contribution is 2.44. The van der Waals surface area contributed by atoms with Crippen LogP contribution in [0.1, 0.15) is 49.4 Å². The van der Waals surface area contributed by atoms with Gasteiger partial charge in [0.15, 0.2) is 11.5 Å². The standard InChI is InChI=1S/C23H27ClFNO3/c1-5-14(6-2)23(27)26-11-10-15-12-19(28-3)20(29-4)13-16(15)22(26)21-17(24)8-7-9-18(21)25/h7-9,12-14,22H,5-6,10-11H2,1-4H3. The van der Waals surface area contributed by atoms with Gasteiger partial charge in [0.1, 0.15) is 5.82 Å². The first-order chi connectivity index (χ1) is 14.0. The van der Waals surface area contributed by atoms with Gasteiger partial charge in [0.2, 0.25) is 5.91 Å². The molecular weight excluding hydrogens is 393 g/mol. The number of benzene rings is 2. The van der Waals surface area contributed by atoms with Gasteiger partial charge >= 0.3 is 0 Å². The number of carbonyl (C=O) groups excluding carboxylic acids is 1. The molecule has 1 amide bonds. The fourth-order valence-corrected chi connectivity index (χ4v) is 4.41. The van der Waals surface area contributed by atoms with Gasteiger partial charge in [-0.25, -0.2) is 4.39 Å². The van der Waals surface area contributed by atoms with E-state index in [1.54, 1.807) is 31.3 Å². The van der Waals surface area contributed by atoms with Crippen molar-refractivity contribution in [3.63, 3.8) is 0 Å². The van der Waals surface area contributed by atoms with E-state index in [9.17, 15) is 9.18 Å². The number of methoxy groups -OCH3 is 2. The van der Waals surface area contributed by atoms with E-state index >= 15 is 0 Å². The van der Waals surface area contributed by atoms with E-state index < -0.39 is 11.9 Å².